The number of likely N-dealkylation sites (N-methyl/N-ethyl adjacent to an activating group) is 1. The molecule has 0 aliphatic carbocycles. The van der Waals surface area contributed by atoms with Crippen molar-refractivity contribution in [3.8, 4) is 5.75 Å². The summed E-state index contributed by atoms with van der Waals surface area (Å²) in [7, 11) is 1.38. The van der Waals surface area contributed by atoms with Crippen molar-refractivity contribution in [1.82, 2.24) is 10.6 Å². The molecule has 21 heavy (non-hydrogen) atoms. The molecule has 1 aromatic carbocycles. The Hall–Kier alpha value is -1.90. The van der Waals surface area contributed by atoms with E-state index < -0.39 is 36.0 Å². The first-order valence-corrected chi connectivity index (χ1v) is 5.80. The lowest BCUT2D eigenvalue weighted by Crippen LogP contribution is -2.41. The van der Waals surface area contributed by atoms with Gasteiger partial charge in [-0.3, -0.25) is 4.79 Å². The summed E-state index contributed by atoms with van der Waals surface area (Å²) in [6, 6.07) is 1.99. The Morgan fingerprint density at radius 3 is 2.43 bits per heavy atom. The summed E-state index contributed by atoms with van der Waals surface area (Å²) in [6.45, 7) is -3.61. The molecule has 4 nitrogen and oxygen atoms in total. The first kappa shape index (κ1) is 17.2. The van der Waals surface area contributed by atoms with E-state index in [4.69, 9.17) is 0 Å². The number of benzene rings is 1. The Kier molecular flexibility index (Phi) is 5.89. The topological polar surface area (TPSA) is 50.4 Å². The molecule has 1 unspecified atom stereocenters. The van der Waals surface area contributed by atoms with E-state index in [0.29, 0.717) is 0 Å². The Bertz CT molecular complexity index is 479. The number of hydrogen-bond acceptors (Lipinski definition) is 3. The zero-order valence-corrected chi connectivity index (χ0v) is 10.9. The maximum absolute atomic E-state index is 13.0. The van der Waals surface area contributed by atoms with Crippen molar-refractivity contribution in [1.29, 1.82) is 0 Å². The standard InChI is InChI=1S/C12H13F5N2O2/c1-18-6-9(20)19-10(12(15,16)17)7-4-2-3-5-8(7)21-11(13)14/h2-5,10-11,18H,6H2,1H3,(H,19,20). The molecule has 0 aromatic heterocycles. The van der Waals surface area contributed by atoms with Crippen molar-refractivity contribution >= 4 is 5.91 Å². The molecule has 0 spiro atoms. The average Bonchev–Trinajstić information content (AvgIpc) is 2.35. The van der Waals surface area contributed by atoms with Crippen LogP contribution in [0.4, 0.5) is 22.0 Å². The minimum Gasteiger partial charge on any atom is -0.434 e. The van der Waals surface area contributed by atoms with Crippen molar-refractivity contribution in [3.05, 3.63) is 29.8 Å². The van der Waals surface area contributed by atoms with Gasteiger partial charge in [-0.25, -0.2) is 0 Å². The van der Waals surface area contributed by atoms with Crippen LogP contribution in [0, 0.1) is 0 Å². The summed E-state index contributed by atoms with van der Waals surface area (Å²) in [5.41, 5.74) is -0.588. The van der Waals surface area contributed by atoms with Gasteiger partial charge in [0.1, 0.15) is 5.75 Å². The fraction of sp³-hybridized carbons (Fsp3) is 0.417. The predicted octanol–water partition coefficient (Wildman–Crippen LogP) is 2.23. The summed E-state index contributed by atoms with van der Waals surface area (Å²) >= 11 is 0. The molecule has 9 heteroatoms. The molecule has 0 aliphatic rings. The summed E-state index contributed by atoms with van der Waals surface area (Å²) in [5, 5.41) is 4.13. The van der Waals surface area contributed by atoms with E-state index in [2.05, 4.69) is 10.1 Å². The molecule has 0 saturated heterocycles. The average molecular weight is 312 g/mol. The highest BCUT2D eigenvalue weighted by molar-refractivity contribution is 5.78. The second-order valence-corrected chi connectivity index (χ2v) is 3.99. The molecule has 1 rings (SSSR count). The molecule has 118 valence electrons. The molecular formula is C12H13F5N2O2. The highest BCUT2D eigenvalue weighted by Crippen LogP contribution is 2.37. The minimum absolute atomic E-state index is 0.343. The number of nitrogens with one attached hydrogen (secondary N) is 2. The molecule has 0 fully saturated rings. The Labute approximate surface area is 117 Å². The smallest absolute Gasteiger partial charge is 0.413 e. The van der Waals surface area contributed by atoms with Crippen LogP contribution in [0.5, 0.6) is 5.75 Å². The highest BCUT2D eigenvalue weighted by Gasteiger charge is 2.43. The van der Waals surface area contributed by atoms with Crippen LogP contribution >= 0.6 is 0 Å². The van der Waals surface area contributed by atoms with E-state index in [1.165, 1.54) is 19.2 Å². The van der Waals surface area contributed by atoms with Gasteiger partial charge in [0, 0.05) is 5.56 Å². The van der Waals surface area contributed by atoms with Crippen LogP contribution < -0.4 is 15.4 Å². The van der Waals surface area contributed by atoms with Gasteiger partial charge in [-0.05, 0) is 13.1 Å². The monoisotopic (exact) mass is 312 g/mol. The molecule has 0 heterocycles. The van der Waals surface area contributed by atoms with Crippen LogP contribution in [0.2, 0.25) is 0 Å². The second kappa shape index (κ2) is 7.21. The van der Waals surface area contributed by atoms with Crippen LogP contribution in [0.1, 0.15) is 11.6 Å². The van der Waals surface area contributed by atoms with Crippen molar-refractivity contribution in [2.45, 2.75) is 18.8 Å². The van der Waals surface area contributed by atoms with E-state index in [-0.39, 0.29) is 6.54 Å². The third-order valence-electron chi connectivity index (χ3n) is 2.42. The second-order valence-electron chi connectivity index (χ2n) is 3.99. The molecule has 1 amide bonds. The van der Waals surface area contributed by atoms with Gasteiger partial charge >= 0.3 is 12.8 Å². The summed E-state index contributed by atoms with van der Waals surface area (Å²) < 4.78 is 67.7. The van der Waals surface area contributed by atoms with Gasteiger partial charge in [-0.1, -0.05) is 18.2 Å². The molecule has 1 aromatic rings. The molecule has 1 atom stereocenters. The molecule has 0 bridgehead atoms. The quantitative estimate of drug-likeness (QED) is 0.792. The van der Waals surface area contributed by atoms with Crippen LogP contribution in [-0.4, -0.2) is 32.3 Å². The fourth-order valence-corrected chi connectivity index (χ4v) is 1.63. The van der Waals surface area contributed by atoms with Crippen molar-refractivity contribution < 1.29 is 31.5 Å². The van der Waals surface area contributed by atoms with Gasteiger partial charge in [0.15, 0.2) is 6.04 Å². The number of ether oxygens (including phenoxy) is 1. The number of alkyl halides is 5. The third kappa shape index (κ3) is 5.18. The van der Waals surface area contributed by atoms with Gasteiger partial charge in [0.2, 0.25) is 5.91 Å². The molecule has 0 aliphatic heterocycles. The Morgan fingerprint density at radius 2 is 1.90 bits per heavy atom. The predicted molar refractivity (Wildman–Crippen MR) is 63.9 cm³/mol. The number of halogens is 5. The number of carbonyl (C=O) groups excluding carboxylic acids is 1. The number of amides is 1. The third-order valence-corrected chi connectivity index (χ3v) is 2.42. The highest BCUT2D eigenvalue weighted by atomic mass is 19.4. The van der Waals surface area contributed by atoms with Gasteiger partial charge in [0.25, 0.3) is 0 Å². The minimum atomic E-state index is -4.86. The SMILES string of the molecule is CNCC(=O)NC(c1ccccc1OC(F)F)C(F)(F)F. The Balaban J connectivity index is 3.12. The maximum atomic E-state index is 13.0. The van der Waals surface area contributed by atoms with Crippen LogP contribution in [0.25, 0.3) is 0 Å². The van der Waals surface area contributed by atoms with Gasteiger partial charge < -0.3 is 15.4 Å². The maximum Gasteiger partial charge on any atom is 0.413 e. The normalized spacial score (nSPS) is 13.1. The lowest BCUT2D eigenvalue weighted by Gasteiger charge is -2.24. The molecular weight excluding hydrogens is 299 g/mol. The number of hydrogen-bond donors (Lipinski definition) is 2. The number of rotatable bonds is 6. The van der Waals surface area contributed by atoms with E-state index >= 15 is 0 Å². The van der Waals surface area contributed by atoms with Crippen LogP contribution in [-0.2, 0) is 4.79 Å². The first-order chi connectivity index (χ1) is 9.75. The van der Waals surface area contributed by atoms with Crippen molar-refractivity contribution in [2.75, 3.05) is 13.6 Å². The molecule has 2 N–H and O–H groups in total. The van der Waals surface area contributed by atoms with E-state index in [0.717, 1.165) is 12.1 Å². The van der Waals surface area contributed by atoms with Crippen LogP contribution in [0.3, 0.4) is 0 Å². The van der Waals surface area contributed by atoms with Crippen molar-refractivity contribution in [3.63, 3.8) is 0 Å². The lowest BCUT2D eigenvalue weighted by atomic mass is 10.1. The van der Waals surface area contributed by atoms with E-state index in [1.54, 1.807) is 5.32 Å². The molecule has 0 radical (unpaired) electrons. The molecule has 0 saturated carbocycles. The van der Waals surface area contributed by atoms with Gasteiger partial charge in [-0.2, -0.15) is 22.0 Å². The summed E-state index contributed by atoms with van der Waals surface area (Å²) in [4.78, 5) is 11.3. The largest absolute Gasteiger partial charge is 0.434 e. The first-order valence-electron chi connectivity index (χ1n) is 5.80. The number of carbonyl (C=O) groups is 1. The summed E-state index contributed by atoms with van der Waals surface area (Å²) in [5.74, 6) is -1.56. The fourth-order valence-electron chi connectivity index (χ4n) is 1.63. The van der Waals surface area contributed by atoms with Crippen molar-refractivity contribution in [2.24, 2.45) is 0 Å². The zero-order valence-electron chi connectivity index (χ0n) is 10.9. The van der Waals surface area contributed by atoms with Gasteiger partial charge in [0.05, 0.1) is 6.54 Å². The zero-order chi connectivity index (χ0) is 16.0. The summed E-state index contributed by atoms with van der Waals surface area (Å²) in [6.07, 6.45) is -4.86. The van der Waals surface area contributed by atoms with E-state index in [1.807, 2.05) is 0 Å². The lowest BCUT2D eigenvalue weighted by molar-refractivity contribution is -0.164. The van der Waals surface area contributed by atoms with Crippen LogP contribution in [0.15, 0.2) is 24.3 Å². The number of para-hydroxylation sites is 1. The van der Waals surface area contributed by atoms with Gasteiger partial charge in [-0.15, -0.1) is 0 Å². The Morgan fingerprint density at radius 1 is 1.29 bits per heavy atom. The van der Waals surface area contributed by atoms with E-state index in [9.17, 15) is 26.7 Å².